The maximum Gasteiger partial charge on any atom is -0.00259 e. The molecule has 0 bridgehead atoms. The van der Waals surface area contributed by atoms with Crippen LogP contribution in [0.1, 0.15) is 29.5 Å². The molecule has 43 heavy (non-hydrogen) atoms. The molecule has 0 heteroatoms. The highest BCUT2D eigenvalue weighted by molar-refractivity contribution is 6.16. The van der Waals surface area contributed by atoms with E-state index in [0.29, 0.717) is 0 Å². The third-order valence-electron chi connectivity index (χ3n) is 9.45. The molecule has 202 valence electrons. The standard InChI is InChI=1S/C43H30/c1-2-11-34(38-17-7-12-28-9-3-4-14-37(28)38)25-29(10-1)30-19-20-32-24-33(22-21-31(32)23-30)36-26-35-13-8-18-41-39-15-5-6-16-40(39)42(27-36)43(35)41/h2-6,8-11,13-27H,1,7,12H2. The molecule has 0 N–H and O–H groups in total. The summed E-state index contributed by atoms with van der Waals surface area (Å²) in [6.07, 6.45) is 14.9. The molecule has 6 aromatic carbocycles. The Bertz CT molecular complexity index is 2250. The summed E-state index contributed by atoms with van der Waals surface area (Å²) in [4.78, 5) is 0. The molecule has 3 aliphatic carbocycles. The summed E-state index contributed by atoms with van der Waals surface area (Å²) in [5.41, 5.74) is 16.0. The van der Waals surface area contributed by atoms with Gasteiger partial charge < -0.3 is 0 Å². The molecule has 0 amide bonds. The minimum atomic E-state index is 0.941. The monoisotopic (exact) mass is 546 g/mol. The fourth-order valence-corrected chi connectivity index (χ4v) is 7.38. The van der Waals surface area contributed by atoms with Crippen molar-refractivity contribution in [3.63, 3.8) is 0 Å². The van der Waals surface area contributed by atoms with E-state index in [0.717, 1.165) is 19.3 Å². The van der Waals surface area contributed by atoms with E-state index in [1.807, 2.05) is 0 Å². The van der Waals surface area contributed by atoms with Gasteiger partial charge in [0.05, 0.1) is 0 Å². The lowest BCUT2D eigenvalue weighted by atomic mass is 9.86. The second kappa shape index (κ2) is 9.68. The molecule has 0 spiro atoms. The number of rotatable bonds is 3. The summed E-state index contributed by atoms with van der Waals surface area (Å²) in [6, 6.07) is 43.0. The second-order valence-electron chi connectivity index (χ2n) is 12.0. The molecule has 6 aromatic rings. The summed E-state index contributed by atoms with van der Waals surface area (Å²) in [7, 11) is 0. The Morgan fingerprint density at radius 1 is 0.465 bits per heavy atom. The van der Waals surface area contributed by atoms with E-state index in [1.165, 1.54) is 88.3 Å². The number of allylic oxidation sites excluding steroid dienone is 8. The van der Waals surface area contributed by atoms with Crippen LogP contribution in [0, 0.1) is 0 Å². The van der Waals surface area contributed by atoms with Crippen molar-refractivity contribution in [1.82, 2.24) is 0 Å². The number of hydrogen-bond donors (Lipinski definition) is 0. The summed E-state index contributed by atoms with van der Waals surface area (Å²) >= 11 is 0. The molecular weight excluding hydrogens is 516 g/mol. The van der Waals surface area contributed by atoms with Crippen LogP contribution in [0.3, 0.4) is 0 Å². The van der Waals surface area contributed by atoms with Gasteiger partial charge in [0.1, 0.15) is 0 Å². The Balaban J connectivity index is 1.09. The smallest absolute Gasteiger partial charge is 0.00259 e. The fourth-order valence-electron chi connectivity index (χ4n) is 7.38. The summed E-state index contributed by atoms with van der Waals surface area (Å²) in [5.74, 6) is 0. The Hall–Kier alpha value is -5.20. The molecule has 3 aliphatic rings. The number of hydrogen-bond acceptors (Lipinski definition) is 0. The van der Waals surface area contributed by atoms with E-state index in [1.54, 1.807) is 0 Å². The van der Waals surface area contributed by atoms with Gasteiger partial charge in [-0.3, -0.25) is 0 Å². The third-order valence-corrected chi connectivity index (χ3v) is 9.45. The van der Waals surface area contributed by atoms with Crippen molar-refractivity contribution in [3.8, 4) is 33.4 Å². The van der Waals surface area contributed by atoms with Crippen molar-refractivity contribution in [2.75, 3.05) is 0 Å². The van der Waals surface area contributed by atoms with Gasteiger partial charge in [-0.2, -0.15) is 0 Å². The average Bonchev–Trinajstić information content (AvgIpc) is 3.20. The van der Waals surface area contributed by atoms with Crippen molar-refractivity contribution in [2.24, 2.45) is 0 Å². The van der Waals surface area contributed by atoms with E-state index in [4.69, 9.17) is 0 Å². The maximum atomic E-state index is 2.42. The quantitative estimate of drug-likeness (QED) is 0.207. The number of fused-ring (bicyclic) bond motifs is 5. The molecule has 0 fully saturated rings. The van der Waals surface area contributed by atoms with Crippen molar-refractivity contribution < 1.29 is 0 Å². The molecule has 0 atom stereocenters. The number of benzene rings is 6. The first kappa shape index (κ1) is 24.4. The second-order valence-corrected chi connectivity index (χ2v) is 12.0. The predicted molar refractivity (Wildman–Crippen MR) is 184 cm³/mol. The molecule has 0 heterocycles. The zero-order valence-corrected chi connectivity index (χ0v) is 24.0. The van der Waals surface area contributed by atoms with Gasteiger partial charge in [0.2, 0.25) is 0 Å². The molecule has 0 saturated heterocycles. The SMILES string of the molecule is C1=CC(C2=CCCc3ccccc32)=CC(c2ccc3cc(-c4cc5c6c(cccc6c4)-c4ccccc4-5)ccc3c2)=CC1. The third kappa shape index (κ3) is 3.98. The summed E-state index contributed by atoms with van der Waals surface area (Å²) in [6.45, 7) is 0. The van der Waals surface area contributed by atoms with E-state index < -0.39 is 0 Å². The van der Waals surface area contributed by atoms with E-state index in [-0.39, 0.29) is 0 Å². The Morgan fingerprint density at radius 3 is 2.07 bits per heavy atom. The van der Waals surface area contributed by atoms with Crippen molar-refractivity contribution in [1.29, 1.82) is 0 Å². The van der Waals surface area contributed by atoms with Gasteiger partial charge in [-0.05, 0) is 138 Å². The molecule has 0 nitrogen and oxygen atoms in total. The van der Waals surface area contributed by atoms with E-state index in [2.05, 4.69) is 146 Å². The van der Waals surface area contributed by atoms with Crippen LogP contribution in [0.4, 0.5) is 0 Å². The first-order valence-corrected chi connectivity index (χ1v) is 15.4. The van der Waals surface area contributed by atoms with E-state index >= 15 is 0 Å². The molecule has 0 unspecified atom stereocenters. The molecular formula is C43H30. The van der Waals surface area contributed by atoms with Gasteiger partial charge in [-0.25, -0.2) is 0 Å². The Labute approximate surface area is 252 Å². The van der Waals surface area contributed by atoms with Gasteiger partial charge in [-0.15, -0.1) is 0 Å². The summed E-state index contributed by atoms with van der Waals surface area (Å²) in [5, 5.41) is 5.23. The highest BCUT2D eigenvalue weighted by atomic mass is 14.2. The maximum absolute atomic E-state index is 2.42. The highest BCUT2D eigenvalue weighted by Crippen LogP contribution is 2.48. The topological polar surface area (TPSA) is 0 Å². The lowest BCUT2D eigenvalue weighted by Gasteiger charge is -2.19. The van der Waals surface area contributed by atoms with Crippen LogP contribution in [0.5, 0.6) is 0 Å². The Morgan fingerprint density at radius 2 is 1.19 bits per heavy atom. The lowest BCUT2D eigenvalue weighted by Crippen LogP contribution is -2.01. The first-order valence-electron chi connectivity index (χ1n) is 15.4. The van der Waals surface area contributed by atoms with Crippen LogP contribution in [0.2, 0.25) is 0 Å². The molecule has 0 aliphatic heterocycles. The van der Waals surface area contributed by atoms with Crippen molar-refractivity contribution >= 4 is 32.7 Å². The van der Waals surface area contributed by atoms with Gasteiger partial charge in [0, 0.05) is 0 Å². The summed E-state index contributed by atoms with van der Waals surface area (Å²) < 4.78 is 0. The average molecular weight is 547 g/mol. The normalized spacial score (nSPS) is 15.0. The lowest BCUT2D eigenvalue weighted by molar-refractivity contribution is 0.978. The zero-order chi connectivity index (χ0) is 28.3. The Kier molecular flexibility index (Phi) is 5.49. The van der Waals surface area contributed by atoms with Gasteiger partial charge >= 0.3 is 0 Å². The van der Waals surface area contributed by atoms with Crippen LogP contribution in [0.25, 0.3) is 66.1 Å². The largest absolute Gasteiger partial charge is 0.0801 e. The number of aryl methyl sites for hydroxylation is 1. The van der Waals surface area contributed by atoms with Crippen LogP contribution >= 0.6 is 0 Å². The highest BCUT2D eigenvalue weighted by Gasteiger charge is 2.22. The first-order chi connectivity index (χ1) is 21.3. The van der Waals surface area contributed by atoms with Crippen LogP contribution < -0.4 is 0 Å². The van der Waals surface area contributed by atoms with Gasteiger partial charge in [0.25, 0.3) is 0 Å². The predicted octanol–water partition coefficient (Wildman–Crippen LogP) is 11.6. The van der Waals surface area contributed by atoms with Crippen molar-refractivity contribution in [2.45, 2.75) is 19.3 Å². The minimum absolute atomic E-state index is 0.941. The van der Waals surface area contributed by atoms with E-state index in [9.17, 15) is 0 Å². The van der Waals surface area contributed by atoms with Crippen LogP contribution in [0.15, 0.2) is 151 Å². The van der Waals surface area contributed by atoms with Crippen LogP contribution in [-0.2, 0) is 6.42 Å². The molecule has 0 aromatic heterocycles. The zero-order valence-electron chi connectivity index (χ0n) is 24.0. The molecule has 0 radical (unpaired) electrons. The minimum Gasteiger partial charge on any atom is -0.0801 e. The molecule has 9 rings (SSSR count). The van der Waals surface area contributed by atoms with Gasteiger partial charge in [-0.1, -0.05) is 115 Å². The fraction of sp³-hybridized carbons (Fsp3) is 0.0698. The van der Waals surface area contributed by atoms with Gasteiger partial charge in [0.15, 0.2) is 0 Å². The van der Waals surface area contributed by atoms with Crippen molar-refractivity contribution in [3.05, 3.63) is 168 Å². The van der Waals surface area contributed by atoms with Crippen LogP contribution in [-0.4, -0.2) is 0 Å². The molecule has 0 saturated carbocycles.